The van der Waals surface area contributed by atoms with E-state index in [4.69, 9.17) is 9.84 Å². The van der Waals surface area contributed by atoms with Crippen molar-refractivity contribution in [3.05, 3.63) is 0 Å². The van der Waals surface area contributed by atoms with E-state index >= 15 is 0 Å². The number of nitrogens with one attached hydrogen (secondary N) is 1. The summed E-state index contributed by atoms with van der Waals surface area (Å²) in [4.78, 5) is 21.0. The second kappa shape index (κ2) is 4.39. The van der Waals surface area contributed by atoms with Gasteiger partial charge in [-0.3, -0.25) is 9.59 Å². The van der Waals surface area contributed by atoms with Gasteiger partial charge in [-0.25, -0.2) is 0 Å². The molecule has 1 atom stereocenters. The lowest BCUT2D eigenvalue weighted by atomic mass is 10.0. The lowest BCUT2D eigenvalue weighted by molar-refractivity contribution is -0.141. The molecule has 0 aromatic carbocycles. The number of carbonyl (C=O) groups is 2. The number of amides is 1. The molecule has 1 unspecified atom stereocenters. The molecule has 1 saturated heterocycles. The molecule has 0 aromatic heterocycles. The van der Waals surface area contributed by atoms with E-state index < -0.39 is 23.9 Å². The summed E-state index contributed by atoms with van der Waals surface area (Å²) in [6.45, 7) is 0.685. The normalized spacial score (nSPS) is 26.1. The molecule has 6 heteroatoms. The Labute approximate surface area is 80.9 Å². The number of carboxylic acid groups (broad SMARTS) is 1. The standard InChI is InChI=1S/C8H13NO5/c10-6(3-7(11)12)9-4-8(13)1-2-14-5-8/h13H,1-5H2,(H,9,10)(H,11,12). The highest BCUT2D eigenvalue weighted by Gasteiger charge is 2.32. The summed E-state index contributed by atoms with van der Waals surface area (Å²) in [5, 5.41) is 20.3. The van der Waals surface area contributed by atoms with E-state index in [-0.39, 0.29) is 13.2 Å². The number of aliphatic carboxylic acids is 1. The predicted molar refractivity (Wildman–Crippen MR) is 45.6 cm³/mol. The topological polar surface area (TPSA) is 95.9 Å². The molecule has 0 aliphatic carbocycles. The van der Waals surface area contributed by atoms with Gasteiger partial charge in [0, 0.05) is 19.6 Å². The largest absolute Gasteiger partial charge is 0.481 e. The molecule has 0 bridgehead atoms. The number of aliphatic hydroxyl groups is 1. The highest BCUT2D eigenvalue weighted by atomic mass is 16.5. The van der Waals surface area contributed by atoms with Crippen molar-refractivity contribution in [1.29, 1.82) is 0 Å². The van der Waals surface area contributed by atoms with E-state index in [1.54, 1.807) is 0 Å². The molecule has 0 radical (unpaired) electrons. The Morgan fingerprint density at radius 2 is 2.21 bits per heavy atom. The fraction of sp³-hybridized carbons (Fsp3) is 0.750. The Hall–Kier alpha value is -1.14. The van der Waals surface area contributed by atoms with Crippen molar-refractivity contribution in [2.75, 3.05) is 19.8 Å². The van der Waals surface area contributed by atoms with E-state index in [2.05, 4.69) is 5.32 Å². The summed E-state index contributed by atoms with van der Waals surface area (Å²) < 4.78 is 4.96. The van der Waals surface area contributed by atoms with Crippen LogP contribution in [0.25, 0.3) is 0 Å². The van der Waals surface area contributed by atoms with Crippen molar-refractivity contribution in [2.24, 2.45) is 0 Å². The van der Waals surface area contributed by atoms with Crippen LogP contribution >= 0.6 is 0 Å². The van der Waals surface area contributed by atoms with E-state index in [1.165, 1.54) is 0 Å². The molecule has 14 heavy (non-hydrogen) atoms. The average Bonchev–Trinajstić information content (AvgIpc) is 2.49. The highest BCUT2D eigenvalue weighted by molar-refractivity contribution is 5.93. The zero-order valence-electron chi connectivity index (χ0n) is 7.65. The minimum absolute atomic E-state index is 0.0408. The van der Waals surface area contributed by atoms with E-state index in [9.17, 15) is 14.7 Å². The molecular formula is C8H13NO5. The summed E-state index contributed by atoms with van der Waals surface area (Å²) in [6, 6.07) is 0. The van der Waals surface area contributed by atoms with Gasteiger partial charge in [0.2, 0.25) is 5.91 Å². The molecule has 1 fully saturated rings. The van der Waals surface area contributed by atoms with Crippen molar-refractivity contribution >= 4 is 11.9 Å². The number of rotatable bonds is 4. The predicted octanol–water partition coefficient (Wildman–Crippen LogP) is -1.27. The van der Waals surface area contributed by atoms with Crippen molar-refractivity contribution in [2.45, 2.75) is 18.4 Å². The van der Waals surface area contributed by atoms with Crippen LogP contribution in [0.1, 0.15) is 12.8 Å². The van der Waals surface area contributed by atoms with Crippen LogP contribution in [-0.4, -0.2) is 47.4 Å². The molecule has 3 N–H and O–H groups in total. The van der Waals surface area contributed by atoms with Crippen molar-refractivity contribution in [1.82, 2.24) is 5.32 Å². The van der Waals surface area contributed by atoms with Crippen molar-refractivity contribution in [3.8, 4) is 0 Å². The van der Waals surface area contributed by atoms with Gasteiger partial charge in [0.1, 0.15) is 12.0 Å². The fourth-order valence-electron chi connectivity index (χ4n) is 1.20. The number of carbonyl (C=O) groups excluding carboxylic acids is 1. The van der Waals surface area contributed by atoms with E-state index in [0.29, 0.717) is 13.0 Å². The third-order valence-electron chi connectivity index (χ3n) is 2.01. The molecule has 0 saturated carbocycles. The van der Waals surface area contributed by atoms with Crippen LogP contribution in [0.2, 0.25) is 0 Å². The summed E-state index contributed by atoms with van der Waals surface area (Å²) in [5.41, 5.74) is -1.03. The Balaban J connectivity index is 2.25. The number of ether oxygens (including phenoxy) is 1. The molecular weight excluding hydrogens is 190 g/mol. The number of carboxylic acids is 1. The lowest BCUT2D eigenvalue weighted by Gasteiger charge is -2.20. The van der Waals surface area contributed by atoms with Crippen LogP contribution in [-0.2, 0) is 14.3 Å². The van der Waals surface area contributed by atoms with E-state index in [1.807, 2.05) is 0 Å². The van der Waals surface area contributed by atoms with Gasteiger partial charge in [0.05, 0.1) is 6.61 Å². The molecule has 1 amide bonds. The molecule has 1 aliphatic rings. The quantitative estimate of drug-likeness (QED) is 0.495. The monoisotopic (exact) mass is 203 g/mol. The van der Waals surface area contributed by atoms with Gasteiger partial charge in [-0.1, -0.05) is 0 Å². The van der Waals surface area contributed by atoms with Crippen LogP contribution in [0.5, 0.6) is 0 Å². The Morgan fingerprint density at radius 3 is 2.71 bits per heavy atom. The maximum atomic E-state index is 10.9. The van der Waals surface area contributed by atoms with Crippen LogP contribution in [0.4, 0.5) is 0 Å². The van der Waals surface area contributed by atoms with Crippen LogP contribution in [0, 0.1) is 0 Å². The summed E-state index contributed by atoms with van der Waals surface area (Å²) >= 11 is 0. The van der Waals surface area contributed by atoms with Gasteiger partial charge in [0.25, 0.3) is 0 Å². The minimum Gasteiger partial charge on any atom is -0.481 e. The third-order valence-corrected chi connectivity index (χ3v) is 2.01. The Bertz CT molecular complexity index is 234. The van der Waals surface area contributed by atoms with Gasteiger partial charge >= 0.3 is 5.97 Å². The Morgan fingerprint density at radius 1 is 1.50 bits per heavy atom. The van der Waals surface area contributed by atoms with Gasteiger partial charge in [-0.05, 0) is 0 Å². The molecule has 80 valence electrons. The van der Waals surface area contributed by atoms with Gasteiger partial charge in [0.15, 0.2) is 0 Å². The first-order valence-corrected chi connectivity index (χ1v) is 4.30. The van der Waals surface area contributed by atoms with Gasteiger partial charge in [-0.15, -0.1) is 0 Å². The molecule has 1 heterocycles. The Kier molecular flexibility index (Phi) is 3.43. The lowest BCUT2D eigenvalue weighted by Crippen LogP contribution is -2.43. The SMILES string of the molecule is O=C(O)CC(=O)NCC1(O)CCOC1. The second-order valence-electron chi connectivity index (χ2n) is 3.37. The van der Waals surface area contributed by atoms with Gasteiger partial charge < -0.3 is 20.3 Å². The van der Waals surface area contributed by atoms with Crippen molar-refractivity contribution < 1.29 is 24.5 Å². The molecule has 1 rings (SSSR count). The maximum absolute atomic E-state index is 10.9. The van der Waals surface area contributed by atoms with Crippen LogP contribution in [0.15, 0.2) is 0 Å². The zero-order valence-corrected chi connectivity index (χ0v) is 7.65. The molecule has 6 nitrogen and oxygen atoms in total. The highest BCUT2D eigenvalue weighted by Crippen LogP contribution is 2.16. The minimum atomic E-state index is -1.18. The summed E-state index contributed by atoms with van der Waals surface area (Å²) in [6.07, 6.45) is -0.114. The maximum Gasteiger partial charge on any atom is 0.312 e. The summed E-state index contributed by atoms with van der Waals surface area (Å²) in [5.74, 6) is -1.78. The first kappa shape index (κ1) is 10.9. The first-order valence-electron chi connectivity index (χ1n) is 4.30. The van der Waals surface area contributed by atoms with Crippen LogP contribution in [0.3, 0.4) is 0 Å². The first-order chi connectivity index (χ1) is 6.52. The van der Waals surface area contributed by atoms with Gasteiger partial charge in [-0.2, -0.15) is 0 Å². The zero-order chi connectivity index (χ0) is 10.6. The average molecular weight is 203 g/mol. The molecule has 0 spiro atoms. The second-order valence-corrected chi connectivity index (χ2v) is 3.37. The fourth-order valence-corrected chi connectivity index (χ4v) is 1.20. The summed E-state index contributed by atoms with van der Waals surface area (Å²) in [7, 11) is 0. The smallest absolute Gasteiger partial charge is 0.312 e. The molecule has 0 aromatic rings. The third kappa shape index (κ3) is 3.31. The van der Waals surface area contributed by atoms with Crippen molar-refractivity contribution in [3.63, 3.8) is 0 Å². The number of hydrogen-bond donors (Lipinski definition) is 3. The number of hydrogen-bond acceptors (Lipinski definition) is 4. The van der Waals surface area contributed by atoms with Crippen LogP contribution < -0.4 is 5.32 Å². The van der Waals surface area contributed by atoms with E-state index in [0.717, 1.165) is 0 Å². The molecule has 1 aliphatic heterocycles.